The summed E-state index contributed by atoms with van der Waals surface area (Å²) in [5.41, 5.74) is 0. The van der Waals surface area contributed by atoms with E-state index in [1.54, 1.807) is 0 Å². The van der Waals surface area contributed by atoms with E-state index in [1.807, 2.05) is 0 Å². The topological polar surface area (TPSA) is 203 Å². The molecule has 0 aliphatic carbocycles. The lowest BCUT2D eigenvalue weighted by molar-refractivity contribution is -0.245. The van der Waals surface area contributed by atoms with Crippen molar-refractivity contribution in [2.75, 3.05) is 13.2 Å². The molecule has 1 heterocycles. The summed E-state index contributed by atoms with van der Waals surface area (Å²) in [7, 11) is -9.82. The van der Waals surface area contributed by atoms with Gasteiger partial charge in [0.25, 0.3) is 0 Å². The molecule has 120 valence electrons. The number of aliphatic hydroxyl groups excluding tert-OH is 2. The minimum absolute atomic E-state index is 0.874. The fraction of sp³-hybridized carbons (Fsp3) is 1.00. The third-order valence-electron chi connectivity index (χ3n) is 2.37. The van der Waals surface area contributed by atoms with Crippen molar-refractivity contribution in [2.45, 2.75) is 24.1 Å². The van der Waals surface area contributed by atoms with Crippen molar-refractivity contribution in [3.8, 4) is 0 Å². The van der Waals surface area contributed by atoms with Crippen LogP contribution in [0.1, 0.15) is 0 Å². The Balaban J connectivity index is 2.67. The van der Waals surface area contributed by atoms with E-state index in [2.05, 4.69) is 13.8 Å². The van der Waals surface area contributed by atoms with Crippen molar-refractivity contribution in [3.05, 3.63) is 0 Å². The average molecular weight is 340 g/mol. The first-order valence-electron chi connectivity index (χ1n) is 5.00. The second-order valence-corrected chi connectivity index (χ2v) is 6.47. The molecule has 0 amide bonds. The van der Waals surface area contributed by atoms with E-state index >= 15 is 0 Å². The van der Waals surface area contributed by atoms with Crippen LogP contribution in [0.25, 0.3) is 0 Å². The Morgan fingerprint density at radius 3 is 2.00 bits per heavy atom. The van der Waals surface area contributed by atoms with Gasteiger partial charge in [-0.25, -0.2) is 9.13 Å². The highest BCUT2D eigenvalue weighted by Gasteiger charge is 2.54. The van der Waals surface area contributed by atoms with Gasteiger partial charge in [0.2, 0.25) is 5.79 Å². The van der Waals surface area contributed by atoms with Crippen molar-refractivity contribution in [3.63, 3.8) is 0 Å². The largest absolute Gasteiger partial charge is 0.469 e. The van der Waals surface area contributed by atoms with Gasteiger partial charge in [0, 0.05) is 0 Å². The fourth-order valence-electron chi connectivity index (χ4n) is 1.47. The molecule has 20 heavy (non-hydrogen) atoms. The first-order valence-corrected chi connectivity index (χ1v) is 8.07. The Morgan fingerprint density at radius 1 is 1.05 bits per heavy atom. The van der Waals surface area contributed by atoms with Crippen LogP contribution in [0.4, 0.5) is 0 Å². The summed E-state index contributed by atoms with van der Waals surface area (Å²) in [6, 6.07) is 0. The molecule has 0 saturated carbocycles. The van der Waals surface area contributed by atoms with Gasteiger partial charge < -0.3 is 39.6 Å². The Labute approximate surface area is 112 Å². The molecule has 1 saturated heterocycles. The number of phosphoric acid groups is 2. The Hall–Kier alpha value is 0.0600. The second-order valence-electron chi connectivity index (χ2n) is 3.99. The van der Waals surface area contributed by atoms with Gasteiger partial charge in [0.05, 0.1) is 6.61 Å². The van der Waals surface area contributed by atoms with Crippen LogP contribution in [0.15, 0.2) is 0 Å². The fourth-order valence-corrected chi connectivity index (χ4v) is 2.17. The van der Waals surface area contributed by atoms with E-state index < -0.39 is 53.0 Å². The van der Waals surface area contributed by atoms with Gasteiger partial charge in [0.15, 0.2) is 0 Å². The zero-order valence-electron chi connectivity index (χ0n) is 9.71. The average Bonchev–Trinajstić information content (AvgIpc) is 2.48. The first-order chi connectivity index (χ1) is 8.84. The molecule has 7 N–H and O–H groups in total. The van der Waals surface area contributed by atoms with E-state index in [0.29, 0.717) is 0 Å². The molecule has 1 rings (SSSR count). The summed E-state index contributed by atoms with van der Waals surface area (Å²) < 4.78 is 33.6. The molecule has 0 bridgehead atoms. The van der Waals surface area contributed by atoms with E-state index in [1.165, 1.54) is 0 Å². The lowest BCUT2D eigenvalue weighted by Gasteiger charge is -2.25. The minimum Gasteiger partial charge on any atom is -0.387 e. The summed E-state index contributed by atoms with van der Waals surface area (Å²) >= 11 is 0. The highest BCUT2D eigenvalue weighted by atomic mass is 31.2. The molecular weight excluding hydrogens is 326 g/mol. The van der Waals surface area contributed by atoms with Crippen LogP contribution in [-0.2, 0) is 22.9 Å². The third-order valence-corrected chi connectivity index (χ3v) is 3.32. The van der Waals surface area contributed by atoms with Crippen LogP contribution >= 0.6 is 15.6 Å². The molecular formula is C6H14O12P2. The van der Waals surface area contributed by atoms with Gasteiger partial charge in [-0.1, -0.05) is 0 Å². The molecule has 0 radical (unpaired) electrons. The number of phosphoric ester groups is 2. The lowest BCUT2D eigenvalue weighted by atomic mass is 10.1. The van der Waals surface area contributed by atoms with Crippen molar-refractivity contribution >= 4 is 15.6 Å². The summed E-state index contributed by atoms with van der Waals surface area (Å²) in [5, 5.41) is 28.8. The summed E-state index contributed by atoms with van der Waals surface area (Å²) in [5.74, 6) is -2.66. The minimum atomic E-state index is -4.96. The number of hydrogen-bond donors (Lipinski definition) is 7. The maximum absolute atomic E-state index is 10.5. The van der Waals surface area contributed by atoms with Crippen LogP contribution < -0.4 is 0 Å². The number of rotatable bonds is 6. The van der Waals surface area contributed by atoms with Crippen LogP contribution in [0.3, 0.4) is 0 Å². The Bertz CT molecular complexity index is 428. The second kappa shape index (κ2) is 6.05. The number of aliphatic hydroxyl groups is 3. The smallest absolute Gasteiger partial charge is 0.387 e. The van der Waals surface area contributed by atoms with Gasteiger partial charge in [-0.15, -0.1) is 0 Å². The molecule has 0 aromatic heterocycles. The predicted octanol–water partition coefficient (Wildman–Crippen LogP) is -2.99. The molecule has 4 atom stereocenters. The van der Waals surface area contributed by atoms with Crippen LogP contribution in [-0.4, -0.2) is 72.2 Å². The molecule has 0 spiro atoms. The van der Waals surface area contributed by atoms with Crippen molar-refractivity contribution < 1.29 is 57.8 Å². The highest BCUT2D eigenvalue weighted by Crippen LogP contribution is 2.41. The Morgan fingerprint density at radius 2 is 1.55 bits per heavy atom. The van der Waals surface area contributed by atoms with Crippen molar-refractivity contribution in [2.24, 2.45) is 0 Å². The normalized spacial score (nSPS) is 35.5. The van der Waals surface area contributed by atoms with Crippen LogP contribution in [0.5, 0.6) is 0 Å². The molecule has 12 nitrogen and oxygen atoms in total. The zero-order valence-corrected chi connectivity index (χ0v) is 11.5. The number of ether oxygens (including phenoxy) is 1. The molecule has 1 aliphatic heterocycles. The van der Waals surface area contributed by atoms with E-state index in [9.17, 15) is 24.4 Å². The monoisotopic (exact) mass is 340 g/mol. The van der Waals surface area contributed by atoms with Crippen LogP contribution in [0, 0.1) is 0 Å². The quantitative estimate of drug-likeness (QED) is 0.242. The molecule has 0 aromatic rings. The maximum atomic E-state index is 10.5. The van der Waals surface area contributed by atoms with Gasteiger partial charge in [-0.05, 0) is 0 Å². The SMILES string of the molecule is O=P(O)(O)OC[C@H]1O[C@@](O)(COP(=O)(O)O)[C@H](O)C1O. The summed E-state index contributed by atoms with van der Waals surface area (Å²) in [4.78, 5) is 33.9. The molecule has 1 unspecified atom stereocenters. The van der Waals surface area contributed by atoms with Crippen LogP contribution in [0.2, 0.25) is 0 Å². The zero-order chi connectivity index (χ0) is 15.8. The van der Waals surface area contributed by atoms with Gasteiger partial charge in [0.1, 0.15) is 24.9 Å². The Kier molecular flexibility index (Phi) is 5.48. The van der Waals surface area contributed by atoms with E-state index in [-0.39, 0.29) is 0 Å². The maximum Gasteiger partial charge on any atom is 0.469 e. The van der Waals surface area contributed by atoms with Crippen molar-refractivity contribution in [1.29, 1.82) is 0 Å². The molecule has 14 heteroatoms. The van der Waals surface area contributed by atoms with E-state index in [0.717, 1.165) is 0 Å². The van der Waals surface area contributed by atoms with Gasteiger partial charge >= 0.3 is 15.6 Å². The molecule has 0 aromatic carbocycles. The first kappa shape index (κ1) is 18.1. The van der Waals surface area contributed by atoms with Gasteiger partial charge in [-0.2, -0.15) is 0 Å². The molecule has 1 aliphatic rings. The predicted molar refractivity (Wildman–Crippen MR) is 57.8 cm³/mol. The summed E-state index contributed by atoms with van der Waals surface area (Å²) in [6.45, 7) is -2.05. The summed E-state index contributed by atoms with van der Waals surface area (Å²) in [6.07, 6.45) is -5.38. The number of hydrogen-bond acceptors (Lipinski definition) is 8. The lowest BCUT2D eigenvalue weighted by Crippen LogP contribution is -2.46. The molecule has 1 fully saturated rings. The third kappa shape index (κ3) is 5.11. The highest BCUT2D eigenvalue weighted by molar-refractivity contribution is 7.46. The van der Waals surface area contributed by atoms with Gasteiger partial charge in [-0.3, -0.25) is 9.05 Å². The van der Waals surface area contributed by atoms with E-state index in [4.69, 9.17) is 19.6 Å². The standard InChI is InChI=1S/C6H14O12P2/c7-4-3(1-16-19(10,11)12)18-6(9,5(4)8)2-17-20(13,14)15/h3-5,7-9H,1-2H2,(H2,10,11,12)(H2,13,14,15)/t3-,4?,5-,6+/m1/s1. The van der Waals surface area contributed by atoms with Crippen molar-refractivity contribution in [1.82, 2.24) is 0 Å².